The van der Waals surface area contributed by atoms with Gasteiger partial charge in [0.25, 0.3) is 0 Å². The number of rotatable bonds is 1. The van der Waals surface area contributed by atoms with Gasteiger partial charge in [-0.1, -0.05) is 30.3 Å². The summed E-state index contributed by atoms with van der Waals surface area (Å²) in [4.78, 5) is 0. The molecule has 0 aromatic heterocycles. The molecule has 0 bridgehead atoms. The first kappa shape index (κ1) is 23.6. The zero-order valence-corrected chi connectivity index (χ0v) is 13.9. The van der Waals surface area contributed by atoms with Crippen LogP contribution < -0.4 is 71.9 Å². The van der Waals surface area contributed by atoms with Crippen LogP contribution in [0.5, 0.6) is 0 Å². The van der Waals surface area contributed by atoms with Gasteiger partial charge in [0.1, 0.15) is 0 Å². The van der Waals surface area contributed by atoms with Crippen molar-refractivity contribution in [3.05, 3.63) is 35.9 Å². The number of hydrogen-bond donors (Lipinski definition) is 1. The van der Waals surface area contributed by atoms with E-state index >= 15 is 0 Å². The molecule has 1 N–H and O–H groups in total. The van der Waals surface area contributed by atoms with Gasteiger partial charge < -0.3 is 77.0 Å². The molecule has 0 amide bonds. The number of aliphatic hydroxyl groups excluding tert-OH is 1. The molecule has 0 fully saturated rings. The summed E-state index contributed by atoms with van der Waals surface area (Å²) >= 11 is 0. The third kappa shape index (κ3) is 9.99. The summed E-state index contributed by atoms with van der Waals surface area (Å²) in [5, 5.41) is 8.54. The Morgan fingerprint density at radius 3 is 1.58 bits per heavy atom. The number of hydrogen-bond acceptors (Lipinski definition) is 1. The number of benzene rings is 1. The fraction of sp³-hybridized carbons (Fsp3) is 0.143. The van der Waals surface area contributed by atoms with Crippen molar-refractivity contribution >= 4 is 17.4 Å². The number of halogens is 3. The molecular formula is C7H8AlI3O. The quantitative estimate of drug-likeness (QED) is 0.291. The van der Waals surface area contributed by atoms with E-state index in [1.165, 1.54) is 0 Å². The molecule has 5 heteroatoms. The van der Waals surface area contributed by atoms with Gasteiger partial charge >= 0.3 is 17.4 Å². The van der Waals surface area contributed by atoms with Crippen molar-refractivity contribution < 1.29 is 77.0 Å². The van der Waals surface area contributed by atoms with E-state index in [0.29, 0.717) is 0 Å². The molecular weight excluding hydrogens is 508 g/mol. The summed E-state index contributed by atoms with van der Waals surface area (Å²) in [7, 11) is 0. The standard InChI is InChI=1S/C7H8O.Al.3HI/c8-6-7-4-2-1-3-5-7;;;;/h1-5,8H,6H2;;3*1H/q;+3;;;/p-3. The molecule has 0 unspecified atom stereocenters. The molecule has 66 valence electrons. The largest absolute Gasteiger partial charge is 3.00 e. The normalized spacial score (nSPS) is 6.08. The van der Waals surface area contributed by atoms with E-state index in [9.17, 15) is 0 Å². The van der Waals surface area contributed by atoms with Crippen molar-refractivity contribution in [2.24, 2.45) is 0 Å². The summed E-state index contributed by atoms with van der Waals surface area (Å²) in [5.41, 5.74) is 0.965. The Morgan fingerprint density at radius 2 is 1.33 bits per heavy atom. The molecule has 0 aliphatic heterocycles. The van der Waals surface area contributed by atoms with E-state index in [0.717, 1.165) is 5.56 Å². The Morgan fingerprint density at radius 1 is 0.917 bits per heavy atom. The summed E-state index contributed by atoms with van der Waals surface area (Å²) in [5.74, 6) is 0. The van der Waals surface area contributed by atoms with Gasteiger partial charge in [-0.15, -0.1) is 0 Å². The van der Waals surface area contributed by atoms with Crippen LogP contribution >= 0.6 is 0 Å². The molecule has 0 heterocycles. The minimum Gasteiger partial charge on any atom is -1.00 e. The van der Waals surface area contributed by atoms with Gasteiger partial charge in [-0.3, -0.25) is 0 Å². The van der Waals surface area contributed by atoms with Crippen LogP contribution in [0.15, 0.2) is 30.3 Å². The van der Waals surface area contributed by atoms with Gasteiger partial charge in [-0.05, 0) is 5.56 Å². The predicted molar refractivity (Wildman–Crippen MR) is 38.1 cm³/mol. The minimum atomic E-state index is 0. The molecule has 0 spiro atoms. The summed E-state index contributed by atoms with van der Waals surface area (Å²) in [6, 6.07) is 9.52. The third-order valence-electron chi connectivity index (χ3n) is 1.03. The van der Waals surface area contributed by atoms with Crippen LogP contribution in [0.4, 0.5) is 0 Å². The zero-order chi connectivity index (χ0) is 5.82. The van der Waals surface area contributed by atoms with Crippen LogP contribution in [0.2, 0.25) is 0 Å². The van der Waals surface area contributed by atoms with E-state index in [1.54, 1.807) is 0 Å². The van der Waals surface area contributed by atoms with Crippen LogP contribution in [-0.4, -0.2) is 22.5 Å². The summed E-state index contributed by atoms with van der Waals surface area (Å²) in [6.45, 7) is 0.140. The molecule has 1 rings (SSSR count). The first-order chi connectivity index (χ1) is 3.93. The fourth-order valence-electron chi connectivity index (χ4n) is 0.583. The van der Waals surface area contributed by atoms with Gasteiger partial charge in [0.05, 0.1) is 6.61 Å². The summed E-state index contributed by atoms with van der Waals surface area (Å²) in [6.07, 6.45) is 0. The van der Waals surface area contributed by atoms with E-state index in [1.807, 2.05) is 30.3 Å². The topological polar surface area (TPSA) is 20.2 Å². The molecule has 0 aliphatic rings. The summed E-state index contributed by atoms with van der Waals surface area (Å²) < 4.78 is 0. The van der Waals surface area contributed by atoms with Crippen molar-refractivity contribution in [1.82, 2.24) is 0 Å². The van der Waals surface area contributed by atoms with Crippen molar-refractivity contribution in [2.75, 3.05) is 0 Å². The van der Waals surface area contributed by atoms with Crippen molar-refractivity contribution in [1.29, 1.82) is 0 Å². The van der Waals surface area contributed by atoms with Crippen LogP contribution in [0, 0.1) is 0 Å². The molecule has 0 radical (unpaired) electrons. The maximum atomic E-state index is 8.54. The minimum absolute atomic E-state index is 0. The molecule has 0 atom stereocenters. The maximum Gasteiger partial charge on any atom is 3.00 e. The van der Waals surface area contributed by atoms with Gasteiger partial charge in [-0.2, -0.15) is 0 Å². The van der Waals surface area contributed by atoms with Crippen molar-refractivity contribution in [3.8, 4) is 0 Å². The van der Waals surface area contributed by atoms with E-state index in [4.69, 9.17) is 5.11 Å². The smallest absolute Gasteiger partial charge is 1.00 e. The Balaban J connectivity index is -0.0000000800. The van der Waals surface area contributed by atoms with E-state index in [-0.39, 0.29) is 95.9 Å². The predicted octanol–water partition coefficient (Wildman–Crippen LogP) is -8.19. The Kier molecular flexibility index (Phi) is 30.2. The van der Waals surface area contributed by atoms with Gasteiger partial charge in [0, 0.05) is 0 Å². The fourth-order valence-corrected chi connectivity index (χ4v) is 0.583. The molecule has 0 saturated heterocycles. The van der Waals surface area contributed by atoms with Crippen LogP contribution in [0.1, 0.15) is 5.56 Å². The van der Waals surface area contributed by atoms with Crippen LogP contribution in [-0.2, 0) is 6.61 Å². The van der Waals surface area contributed by atoms with E-state index in [2.05, 4.69) is 0 Å². The van der Waals surface area contributed by atoms with Crippen molar-refractivity contribution in [3.63, 3.8) is 0 Å². The second-order valence-corrected chi connectivity index (χ2v) is 1.64. The molecule has 12 heavy (non-hydrogen) atoms. The Hall–Kier alpha value is 1.90. The van der Waals surface area contributed by atoms with Crippen LogP contribution in [0.25, 0.3) is 0 Å². The first-order valence-electron chi connectivity index (χ1n) is 2.58. The van der Waals surface area contributed by atoms with E-state index < -0.39 is 0 Å². The molecule has 1 nitrogen and oxygen atoms in total. The number of aliphatic hydroxyl groups is 1. The van der Waals surface area contributed by atoms with Crippen LogP contribution in [0.3, 0.4) is 0 Å². The second-order valence-electron chi connectivity index (χ2n) is 1.64. The maximum absolute atomic E-state index is 8.54. The molecule has 1 aromatic carbocycles. The average Bonchev–Trinajstić information content (AvgIpc) is 1.90. The Labute approximate surface area is 135 Å². The van der Waals surface area contributed by atoms with Gasteiger partial charge in [0.15, 0.2) is 0 Å². The average molecular weight is 516 g/mol. The van der Waals surface area contributed by atoms with Gasteiger partial charge in [-0.25, -0.2) is 0 Å². The molecule has 0 aliphatic carbocycles. The zero-order valence-electron chi connectivity index (χ0n) is 6.25. The van der Waals surface area contributed by atoms with Crippen molar-refractivity contribution in [2.45, 2.75) is 6.61 Å². The first-order valence-corrected chi connectivity index (χ1v) is 2.58. The SMILES string of the molecule is OCc1ccccc1.[Al+3].[I-].[I-].[I-]. The second kappa shape index (κ2) is 15.4. The molecule has 1 aromatic rings. The molecule has 0 saturated carbocycles. The van der Waals surface area contributed by atoms with Gasteiger partial charge in [0.2, 0.25) is 0 Å². The monoisotopic (exact) mass is 516 g/mol. The third-order valence-corrected chi connectivity index (χ3v) is 1.03. The Bertz CT molecular complexity index is 160.